The van der Waals surface area contributed by atoms with Gasteiger partial charge in [-0.3, -0.25) is 4.79 Å². The molecule has 0 N–H and O–H groups in total. The van der Waals surface area contributed by atoms with E-state index in [0.29, 0.717) is 30.1 Å². The number of esters is 1. The lowest BCUT2D eigenvalue weighted by Crippen LogP contribution is -2.22. The molecule has 1 aliphatic rings. The fourth-order valence-electron chi connectivity index (χ4n) is 3.25. The van der Waals surface area contributed by atoms with E-state index in [4.69, 9.17) is 14.2 Å². The number of ether oxygens (including phenoxy) is 3. The summed E-state index contributed by atoms with van der Waals surface area (Å²) < 4.78 is 16.9. The van der Waals surface area contributed by atoms with Gasteiger partial charge in [0.15, 0.2) is 0 Å². The Hall–Kier alpha value is -1.36. The molecule has 0 aromatic heterocycles. The molecule has 0 saturated heterocycles. The summed E-state index contributed by atoms with van der Waals surface area (Å²) in [4.78, 5) is 11.7. The topological polar surface area (TPSA) is 44.8 Å². The van der Waals surface area contributed by atoms with Gasteiger partial charge in [-0.05, 0) is 52.4 Å². The summed E-state index contributed by atoms with van der Waals surface area (Å²) in [7, 11) is 0. The maximum absolute atomic E-state index is 11.7. The summed E-state index contributed by atoms with van der Waals surface area (Å²) in [5, 5.41) is 1.31. The van der Waals surface area contributed by atoms with Crippen molar-refractivity contribution in [1.29, 1.82) is 0 Å². The minimum Gasteiger partial charge on any atom is -0.492 e. The maximum atomic E-state index is 11.7. The third-order valence-electron chi connectivity index (χ3n) is 4.15. The zero-order valence-corrected chi connectivity index (χ0v) is 16.8. The van der Waals surface area contributed by atoms with Crippen LogP contribution >= 0.6 is 0 Å². The highest BCUT2D eigenvalue weighted by Crippen LogP contribution is 2.38. The van der Waals surface area contributed by atoms with Crippen LogP contribution in [0.3, 0.4) is 0 Å². The lowest BCUT2D eigenvalue weighted by Gasteiger charge is -2.17. The average molecular weight is 368 g/mol. The molecule has 1 heterocycles. The lowest BCUT2D eigenvalue weighted by atomic mass is 9.98. The van der Waals surface area contributed by atoms with Crippen LogP contribution in [0.4, 0.5) is 0 Å². The van der Waals surface area contributed by atoms with Crippen LogP contribution in [-0.2, 0) is 21.3 Å². The normalized spacial score (nSPS) is 18.4. The molecule has 25 heavy (non-hydrogen) atoms. The third-order valence-corrected chi connectivity index (χ3v) is 5.46. The Kier molecular flexibility index (Phi) is 7.48. The minimum atomic E-state index is -0.170. The lowest BCUT2D eigenvalue weighted by molar-refractivity contribution is -0.143. The fourth-order valence-corrected chi connectivity index (χ4v) is 4.69. The van der Waals surface area contributed by atoms with Gasteiger partial charge in [0.25, 0.3) is 0 Å². The number of hydrogen-bond donors (Lipinski definition) is 0. The second-order valence-electron chi connectivity index (χ2n) is 6.97. The predicted molar refractivity (Wildman–Crippen MR) is 104 cm³/mol. The van der Waals surface area contributed by atoms with E-state index in [1.807, 2.05) is 25.1 Å². The van der Waals surface area contributed by atoms with Crippen molar-refractivity contribution in [3.63, 3.8) is 0 Å². The molecule has 2 rings (SSSR count). The van der Waals surface area contributed by atoms with Crippen LogP contribution in [0.5, 0.6) is 11.5 Å². The van der Waals surface area contributed by atoms with Crippen molar-refractivity contribution in [2.24, 2.45) is 0 Å². The molecule has 1 aliphatic heterocycles. The van der Waals surface area contributed by atoms with Gasteiger partial charge in [-0.15, -0.1) is 0 Å². The third kappa shape index (κ3) is 6.14. The van der Waals surface area contributed by atoms with E-state index in [1.165, 1.54) is 11.8 Å². The Labute approximate surface area is 155 Å². The summed E-state index contributed by atoms with van der Waals surface area (Å²) in [6, 6.07) is 5.94. The molecule has 0 bridgehead atoms. The molecule has 0 radical (unpaired) electrons. The van der Waals surface area contributed by atoms with E-state index in [1.54, 1.807) is 0 Å². The SMILES string of the molecule is CCOC(=O)CC1COc2cc(O[C@H](C)CC(C)[SH+]C(C)C)ccc21. The molecule has 140 valence electrons. The van der Waals surface area contributed by atoms with Crippen LogP contribution in [0.2, 0.25) is 0 Å². The molecule has 3 atom stereocenters. The van der Waals surface area contributed by atoms with Crippen molar-refractivity contribution in [3.8, 4) is 11.5 Å². The fraction of sp³-hybridized carbons (Fsp3) is 0.650. The molecular weight excluding hydrogens is 336 g/mol. The smallest absolute Gasteiger partial charge is 0.306 e. The second kappa shape index (κ2) is 9.37. The Balaban J connectivity index is 1.92. The van der Waals surface area contributed by atoms with E-state index in [-0.39, 0.29) is 18.0 Å². The molecule has 0 fully saturated rings. The van der Waals surface area contributed by atoms with Gasteiger partial charge < -0.3 is 14.2 Å². The van der Waals surface area contributed by atoms with Crippen molar-refractivity contribution in [1.82, 2.24) is 0 Å². The highest BCUT2D eigenvalue weighted by atomic mass is 32.2. The zero-order chi connectivity index (χ0) is 18.4. The van der Waals surface area contributed by atoms with Gasteiger partial charge in [-0.2, -0.15) is 0 Å². The number of carbonyl (C=O) groups is 1. The van der Waals surface area contributed by atoms with Gasteiger partial charge in [0.05, 0.1) is 19.6 Å². The Bertz CT molecular complexity index is 573. The predicted octanol–water partition coefficient (Wildman–Crippen LogP) is 3.89. The first kappa shape index (κ1) is 20.0. The zero-order valence-electron chi connectivity index (χ0n) is 16.0. The average Bonchev–Trinajstić information content (AvgIpc) is 2.88. The number of benzene rings is 1. The molecule has 0 amide bonds. The Morgan fingerprint density at radius 2 is 2.08 bits per heavy atom. The first-order valence-corrected chi connectivity index (χ1v) is 10.2. The first-order chi connectivity index (χ1) is 11.9. The minimum absolute atomic E-state index is 0.0744. The van der Waals surface area contributed by atoms with Crippen LogP contribution in [0, 0.1) is 0 Å². The standard InChI is InChI=1S/C20H30O4S/c1-6-22-20(21)10-16-12-23-19-11-17(7-8-18(16)19)24-14(4)9-15(5)25-13(2)3/h7-8,11,13-16H,6,9-10,12H2,1-5H3/p+1/t14-,15?,16?/m1/s1. The van der Waals surface area contributed by atoms with Crippen molar-refractivity contribution in [2.75, 3.05) is 13.2 Å². The molecule has 1 aromatic rings. The monoisotopic (exact) mass is 367 g/mol. The number of rotatable bonds is 9. The van der Waals surface area contributed by atoms with Crippen molar-refractivity contribution < 1.29 is 19.0 Å². The first-order valence-electron chi connectivity index (χ1n) is 9.18. The molecule has 4 nitrogen and oxygen atoms in total. The van der Waals surface area contributed by atoms with E-state index < -0.39 is 0 Å². The van der Waals surface area contributed by atoms with Crippen LogP contribution in [-0.4, -0.2) is 35.8 Å². The van der Waals surface area contributed by atoms with E-state index in [2.05, 4.69) is 27.7 Å². The summed E-state index contributed by atoms with van der Waals surface area (Å²) in [6.07, 6.45) is 1.56. The van der Waals surface area contributed by atoms with Crippen molar-refractivity contribution in [2.45, 2.75) is 70.0 Å². The Morgan fingerprint density at radius 1 is 1.32 bits per heavy atom. The maximum Gasteiger partial charge on any atom is 0.306 e. The molecule has 0 spiro atoms. The van der Waals surface area contributed by atoms with Crippen LogP contribution in [0.1, 0.15) is 58.9 Å². The van der Waals surface area contributed by atoms with Gasteiger partial charge in [0.1, 0.15) is 28.1 Å². The van der Waals surface area contributed by atoms with Gasteiger partial charge in [-0.25, -0.2) is 0 Å². The largest absolute Gasteiger partial charge is 0.492 e. The number of hydrogen-bond acceptors (Lipinski definition) is 4. The molecule has 0 saturated carbocycles. The van der Waals surface area contributed by atoms with E-state index >= 15 is 0 Å². The number of thiol groups is 1. The summed E-state index contributed by atoms with van der Waals surface area (Å²) in [6.45, 7) is 11.6. The van der Waals surface area contributed by atoms with Gasteiger partial charge in [-0.1, -0.05) is 6.07 Å². The van der Waals surface area contributed by atoms with E-state index in [9.17, 15) is 4.79 Å². The van der Waals surface area contributed by atoms with Crippen molar-refractivity contribution in [3.05, 3.63) is 23.8 Å². The number of carbonyl (C=O) groups excluding carboxylic acids is 1. The second-order valence-corrected chi connectivity index (χ2v) is 9.19. The Morgan fingerprint density at radius 3 is 2.76 bits per heavy atom. The van der Waals surface area contributed by atoms with Gasteiger partial charge >= 0.3 is 5.97 Å². The quantitative estimate of drug-likeness (QED) is 0.377. The van der Waals surface area contributed by atoms with Gasteiger partial charge in [0.2, 0.25) is 0 Å². The highest BCUT2D eigenvalue weighted by Gasteiger charge is 2.27. The van der Waals surface area contributed by atoms with Crippen LogP contribution < -0.4 is 9.47 Å². The summed E-state index contributed by atoms with van der Waals surface area (Å²) >= 11 is 1.47. The number of fused-ring (bicyclic) bond motifs is 1. The van der Waals surface area contributed by atoms with Crippen LogP contribution in [0.25, 0.3) is 0 Å². The van der Waals surface area contributed by atoms with Crippen LogP contribution in [0.15, 0.2) is 18.2 Å². The summed E-state index contributed by atoms with van der Waals surface area (Å²) in [5.74, 6) is 1.56. The molecule has 0 aliphatic carbocycles. The van der Waals surface area contributed by atoms with Crippen molar-refractivity contribution >= 4 is 17.7 Å². The van der Waals surface area contributed by atoms with E-state index in [0.717, 1.165) is 23.5 Å². The molecule has 1 aromatic carbocycles. The molecule has 2 unspecified atom stereocenters. The summed E-state index contributed by atoms with van der Waals surface area (Å²) in [5.41, 5.74) is 1.07. The van der Waals surface area contributed by atoms with Gasteiger partial charge in [0, 0.05) is 24.0 Å². The molecular formula is C20H31O4S+. The highest BCUT2D eigenvalue weighted by molar-refractivity contribution is 7.79. The molecule has 5 heteroatoms.